The molecule has 0 aliphatic carbocycles. The standard InChI is InChI=1S/C9H12N3O3/c1-4-10-7(13)11(5-2)9(15)12(6-3)8(10)14/h4-6H,1-3H3. The summed E-state index contributed by atoms with van der Waals surface area (Å²) in [4.78, 5) is 34.7. The van der Waals surface area contributed by atoms with Crippen molar-refractivity contribution in [1.82, 2.24) is 13.7 Å². The van der Waals surface area contributed by atoms with Crippen LogP contribution in [0.2, 0.25) is 0 Å². The lowest BCUT2D eigenvalue weighted by atomic mass is 10.6. The highest BCUT2D eigenvalue weighted by Crippen LogP contribution is 1.78. The SMILES string of the molecule is C[CH]n1c(=O)n([CH]C)c(=O)n([CH]C)c1=O. The molecule has 81 valence electrons. The molecule has 0 aromatic carbocycles. The number of hydrogen-bond acceptors (Lipinski definition) is 3. The summed E-state index contributed by atoms with van der Waals surface area (Å²) in [7, 11) is 0. The van der Waals surface area contributed by atoms with E-state index in [0.29, 0.717) is 0 Å². The molecule has 1 heterocycles. The van der Waals surface area contributed by atoms with Crippen molar-refractivity contribution in [1.29, 1.82) is 0 Å². The number of hydrogen-bond donors (Lipinski definition) is 0. The summed E-state index contributed by atoms with van der Waals surface area (Å²) in [5, 5.41) is 0. The minimum Gasteiger partial charge on any atom is -0.247 e. The second-order valence-corrected chi connectivity index (χ2v) is 2.73. The normalized spacial score (nSPS) is 10.6. The van der Waals surface area contributed by atoms with Crippen LogP contribution >= 0.6 is 0 Å². The molecule has 6 nitrogen and oxygen atoms in total. The Bertz CT molecular complexity index is 414. The first kappa shape index (κ1) is 11.5. The molecule has 1 aromatic rings. The minimum atomic E-state index is -0.659. The monoisotopic (exact) mass is 210 g/mol. The lowest BCUT2D eigenvalue weighted by Crippen LogP contribution is -2.52. The zero-order valence-electron chi connectivity index (χ0n) is 8.80. The summed E-state index contributed by atoms with van der Waals surface area (Å²) in [6, 6.07) is 0. The molecule has 0 fully saturated rings. The number of rotatable bonds is 3. The summed E-state index contributed by atoms with van der Waals surface area (Å²) in [5.41, 5.74) is -1.98. The topological polar surface area (TPSA) is 66.0 Å². The molecule has 0 amide bonds. The highest BCUT2D eigenvalue weighted by molar-refractivity contribution is 4.88. The van der Waals surface area contributed by atoms with Gasteiger partial charge >= 0.3 is 17.1 Å². The van der Waals surface area contributed by atoms with Crippen molar-refractivity contribution < 1.29 is 0 Å². The fraction of sp³-hybridized carbons (Fsp3) is 0.333. The van der Waals surface area contributed by atoms with E-state index in [4.69, 9.17) is 0 Å². The third kappa shape index (κ3) is 1.67. The van der Waals surface area contributed by atoms with Crippen molar-refractivity contribution in [2.75, 3.05) is 0 Å². The maximum atomic E-state index is 11.6. The van der Waals surface area contributed by atoms with Crippen LogP contribution in [0, 0.1) is 19.6 Å². The molecule has 0 atom stereocenters. The van der Waals surface area contributed by atoms with Crippen LogP contribution in [0.3, 0.4) is 0 Å². The van der Waals surface area contributed by atoms with Gasteiger partial charge in [-0.25, -0.2) is 28.1 Å². The molecule has 0 saturated heterocycles. The predicted molar refractivity (Wildman–Crippen MR) is 55.3 cm³/mol. The van der Waals surface area contributed by atoms with Crippen LogP contribution in [0.4, 0.5) is 0 Å². The Labute approximate surface area is 86.4 Å². The van der Waals surface area contributed by atoms with Crippen LogP contribution in [0.25, 0.3) is 0 Å². The van der Waals surface area contributed by atoms with Crippen LogP contribution in [-0.4, -0.2) is 13.7 Å². The molecular weight excluding hydrogens is 198 g/mol. The average molecular weight is 210 g/mol. The van der Waals surface area contributed by atoms with Gasteiger partial charge in [-0.15, -0.1) is 0 Å². The van der Waals surface area contributed by atoms with Crippen molar-refractivity contribution in [2.24, 2.45) is 0 Å². The van der Waals surface area contributed by atoms with Crippen LogP contribution in [0.1, 0.15) is 20.8 Å². The van der Waals surface area contributed by atoms with Crippen molar-refractivity contribution in [3.05, 3.63) is 51.1 Å². The van der Waals surface area contributed by atoms with E-state index in [-0.39, 0.29) is 0 Å². The van der Waals surface area contributed by atoms with E-state index < -0.39 is 17.1 Å². The Morgan fingerprint density at radius 1 is 0.667 bits per heavy atom. The van der Waals surface area contributed by atoms with Gasteiger partial charge in [0.25, 0.3) is 0 Å². The van der Waals surface area contributed by atoms with Crippen molar-refractivity contribution in [3.8, 4) is 0 Å². The van der Waals surface area contributed by atoms with Crippen molar-refractivity contribution in [2.45, 2.75) is 20.8 Å². The van der Waals surface area contributed by atoms with Gasteiger partial charge in [0.2, 0.25) is 0 Å². The fourth-order valence-electron chi connectivity index (χ4n) is 1.26. The van der Waals surface area contributed by atoms with Crippen LogP contribution < -0.4 is 17.1 Å². The zero-order valence-corrected chi connectivity index (χ0v) is 8.80. The molecule has 0 aliphatic rings. The van der Waals surface area contributed by atoms with Crippen LogP contribution in [-0.2, 0) is 0 Å². The highest BCUT2D eigenvalue weighted by Gasteiger charge is 2.11. The minimum absolute atomic E-state index is 0.659. The Kier molecular flexibility index (Phi) is 3.28. The summed E-state index contributed by atoms with van der Waals surface area (Å²) < 4.78 is 2.63. The highest BCUT2D eigenvalue weighted by atomic mass is 16.2. The lowest BCUT2D eigenvalue weighted by molar-refractivity contribution is 0.595. The Morgan fingerprint density at radius 3 is 1.00 bits per heavy atom. The van der Waals surface area contributed by atoms with Gasteiger partial charge in [0.05, 0.1) is 19.6 Å². The molecule has 0 bridgehead atoms. The first-order valence-electron chi connectivity index (χ1n) is 4.46. The van der Waals surface area contributed by atoms with Crippen LogP contribution in [0.15, 0.2) is 14.4 Å². The second kappa shape index (κ2) is 4.29. The van der Waals surface area contributed by atoms with Gasteiger partial charge in [-0.1, -0.05) is 0 Å². The van der Waals surface area contributed by atoms with Crippen molar-refractivity contribution in [3.63, 3.8) is 0 Å². The molecule has 3 radical (unpaired) electrons. The van der Waals surface area contributed by atoms with Gasteiger partial charge in [-0.3, -0.25) is 0 Å². The summed E-state index contributed by atoms with van der Waals surface area (Å²) in [6.45, 7) is 8.62. The molecule has 0 saturated carbocycles. The number of aromatic nitrogens is 3. The summed E-state index contributed by atoms with van der Waals surface area (Å²) >= 11 is 0. The average Bonchev–Trinajstić information content (AvgIpc) is 2.19. The first-order chi connectivity index (χ1) is 7.08. The van der Waals surface area contributed by atoms with Gasteiger partial charge in [0.1, 0.15) is 0 Å². The molecule has 1 aromatic heterocycles. The van der Waals surface area contributed by atoms with E-state index in [0.717, 1.165) is 13.7 Å². The Hall–Kier alpha value is -1.59. The van der Waals surface area contributed by atoms with Gasteiger partial charge in [0.15, 0.2) is 0 Å². The lowest BCUT2D eigenvalue weighted by Gasteiger charge is -2.08. The predicted octanol–water partition coefficient (Wildman–Crippen LogP) is -0.739. The third-order valence-electron chi connectivity index (χ3n) is 2.01. The van der Waals surface area contributed by atoms with E-state index in [1.54, 1.807) is 20.8 Å². The molecule has 6 heteroatoms. The van der Waals surface area contributed by atoms with Gasteiger partial charge < -0.3 is 0 Å². The summed E-state index contributed by atoms with van der Waals surface area (Å²) in [5.74, 6) is 0. The van der Waals surface area contributed by atoms with Gasteiger partial charge in [0, 0.05) is 0 Å². The Balaban J connectivity index is 3.82. The van der Waals surface area contributed by atoms with Gasteiger partial charge in [-0.2, -0.15) is 0 Å². The van der Waals surface area contributed by atoms with E-state index in [1.165, 1.54) is 19.6 Å². The maximum Gasteiger partial charge on any atom is 0.336 e. The maximum absolute atomic E-state index is 11.6. The largest absolute Gasteiger partial charge is 0.336 e. The molecule has 0 unspecified atom stereocenters. The third-order valence-corrected chi connectivity index (χ3v) is 2.01. The van der Waals surface area contributed by atoms with Crippen molar-refractivity contribution >= 4 is 0 Å². The smallest absolute Gasteiger partial charge is 0.247 e. The Morgan fingerprint density at radius 2 is 0.867 bits per heavy atom. The molecule has 0 spiro atoms. The second-order valence-electron chi connectivity index (χ2n) is 2.73. The van der Waals surface area contributed by atoms with E-state index in [2.05, 4.69) is 0 Å². The van der Waals surface area contributed by atoms with E-state index in [9.17, 15) is 14.4 Å². The molecule has 0 N–H and O–H groups in total. The van der Waals surface area contributed by atoms with E-state index in [1.807, 2.05) is 0 Å². The number of nitrogens with zero attached hydrogens (tertiary/aromatic N) is 3. The molecule has 15 heavy (non-hydrogen) atoms. The van der Waals surface area contributed by atoms with Gasteiger partial charge in [-0.05, 0) is 20.8 Å². The molecule has 0 aliphatic heterocycles. The molecule has 1 rings (SSSR count). The summed E-state index contributed by atoms with van der Waals surface area (Å²) in [6.07, 6.45) is 0. The fourth-order valence-corrected chi connectivity index (χ4v) is 1.26. The first-order valence-corrected chi connectivity index (χ1v) is 4.46. The van der Waals surface area contributed by atoms with Crippen LogP contribution in [0.5, 0.6) is 0 Å². The molecular formula is C9H12N3O3. The quantitative estimate of drug-likeness (QED) is 0.660. The zero-order chi connectivity index (χ0) is 11.6. The van der Waals surface area contributed by atoms with E-state index >= 15 is 0 Å².